The Hall–Kier alpha value is -2.02. The molecular weight excluding hydrogens is 462 g/mol. The number of fused-ring (bicyclic) bond motifs is 1. The summed E-state index contributed by atoms with van der Waals surface area (Å²) in [5.74, 6) is 5.96. The van der Waals surface area contributed by atoms with Crippen LogP contribution in [0.3, 0.4) is 0 Å². The first-order chi connectivity index (χ1) is 15.5. The molecule has 188 valence electrons. The van der Waals surface area contributed by atoms with Gasteiger partial charge in [0.25, 0.3) is 0 Å². The number of aliphatic hydroxyl groups excluding tert-OH is 2. The molecule has 3 heterocycles. The minimum atomic E-state index is -4.67. The molecule has 4 atom stereocenters. The summed E-state index contributed by atoms with van der Waals surface area (Å²) in [7, 11) is -2.73. The van der Waals surface area contributed by atoms with Crippen molar-refractivity contribution in [3.8, 4) is 0 Å². The minimum absolute atomic E-state index is 0.268. The molecule has 33 heavy (non-hydrogen) atoms. The molecule has 2 aromatic rings. The number of nitrogen functional groups attached to an aromatic ring is 1. The van der Waals surface area contributed by atoms with Crippen LogP contribution in [0.1, 0.15) is 31.8 Å². The Morgan fingerprint density at radius 1 is 1.24 bits per heavy atom. The largest absolute Gasteiger partial charge is 0.394 e. The Bertz CT molecular complexity index is 997. The summed E-state index contributed by atoms with van der Waals surface area (Å²) in [5.41, 5.74) is 6.86. The number of aliphatic hydroxyl groups is 2. The number of anilines is 1. The van der Waals surface area contributed by atoms with Gasteiger partial charge in [-0.2, -0.15) is 8.42 Å². The Morgan fingerprint density at radius 3 is 2.52 bits per heavy atom. The molecule has 15 nitrogen and oxygen atoms in total. The summed E-state index contributed by atoms with van der Waals surface area (Å²) in [5, 5.41) is 21.2. The highest BCUT2D eigenvalue weighted by atomic mass is 32.3. The standard InChI is InChI=1S/C17H29N7O4.H2O4S/c1-3-11-22-12-15(18)20-9-21-16(12)24(11)17-14(26)13(25)10(28-17)8-23(2)6-4-5-7-27-19;1-5(2,3)4/h9-10,13-14,17,25-26H,3-8,19H2,1-2H3,(H2,18,20,21);(H2,1,2,3,4)/t10-,13?,14?,17-;/m1./s1. The van der Waals surface area contributed by atoms with Gasteiger partial charge in [-0.25, -0.2) is 20.8 Å². The summed E-state index contributed by atoms with van der Waals surface area (Å²) in [6.45, 7) is 3.73. The molecule has 0 saturated carbocycles. The van der Waals surface area contributed by atoms with Crippen molar-refractivity contribution in [3.05, 3.63) is 12.2 Å². The Labute approximate surface area is 190 Å². The Balaban J connectivity index is 0.000000696. The molecule has 16 heteroatoms. The minimum Gasteiger partial charge on any atom is -0.387 e. The van der Waals surface area contributed by atoms with Gasteiger partial charge in [0.1, 0.15) is 30.5 Å². The number of nitrogens with zero attached hydrogens (tertiary/aromatic N) is 5. The summed E-state index contributed by atoms with van der Waals surface area (Å²) in [6, 6.07) is 0. The van der Waals surface area contributed by atoms with E-state index in [2.05, 4.69) is 19.8 Å². The molecule has 0 aromatic carbocycles. The van der Waals surface area contributed by atoms with Crippen LogP contribution in [0.5, 0.6) is 0 Å². The van der Waals surface area contributed by atoms with Gasteiger partial charge in [-0.15, -0.1) is 0 Å². The topological polar surface area (TPSA) is 232 Å². The van der Waals surface area contributed by atoms with Gasteiger partial charge >= 0.3 is 10.4 Å². The van der Waals surface area contributed by atoms with Crippen LogP contribution in [0, 0.1) is 0 Å². The van der Waals surface area contributed by atoms with Gasteiger partial charge in [-0.05, 0) is 26.4 Å². The van der Waals surface area contributed by atoms with E-state index in [4.69, 9.17) is 33.9 Å². The van der Waals surface area contributed by atoms with E-state index in [1.165, 1.54) is 6.33 Å². The van der Waals surface area contributed by atoms with Crippen LogP contribution >= 0.6 is 0 Å². The highest BCUT2D eigenvalue weighted by Gasteiger charge is 2.45. The number of likely N-dealkylation sites (N-methyl/N-ethyl adjacent to an activating group) is 1. The van der Waals surface area contributed by atoms with Gasteiger partial charge in [0.05, 0.1) is 6.61 Å². The third-order valence-corrected chi connectivity index (χ3v) is 5.03. The summed E-state index contributed by atoms with van der Waals surface area (Å²) in [4.78, 5) is 19.3. The van der Waals surface area contributed by atoms with Crippen molar-refractivity contribution in [1.82, 2.24) is 24.4 Å². The second-order valence-electron chi connectivity index (χ2n) is 7.52. The lowest BCUT2D eigenvalue weighted by Gasteiger charge is -2.22. The van der Waals surface area contributed by atoms with Crippen LogP contribution in [-0.2, 0) is 26.4 Å². The number of unbranched alkanes of at least 4 members (excludes halogenated alkanes) is 1. The lowest BCUT2D eigenvalue weighted by Crippen LogP contribution is -2.39. The van der Waals surface area contributed by atoms with Gasteiger partial charge in [-0.1, -0.05) is 6.92 Å². The van der Waals surface area contributed by atoms with Crippen LogP contribution in [-0.4, -0.2) is 97.2 Å². The van der Waals surface area contributed by atoms with E-state index < -0.39 is 34.9 Å². The van der Waals surface area contributed by atoms with Gasteiger partial charge in [-0.3, -0.25) is 13.7 Å². The number of aromatic nitrogens is 4. The zero-order valence-electron chi connectivity index (χ0n) is 18.4. The molecule has 2 unspecified atom stereocenters. The fourth-order valence-corrected chi connectivity index (χ4v) is 3.55. The molecule has 0 aliphatic carbocycles. The van der Waals surface area contributed by atoms with Crippen molar-refractivity contribution < 1.29 is 37.3 Å². The molecule has 8 N–H and O–H groups in total. The number of rotatable bonds is 9. The number of nitrogens with two attached hydrogens (primary N) is 2. The Kier molecular flexibility index (Phi) is 9.83. The van der Waals surface area contributed by atoms with Crippen LogP contribution in [0.15, 0.2) is 6.33 Å². The molecule has 1 fully saturated rings. The monoisotopic (exact) mass is 493 g/mol. The second kappa shape index (κ2) is 11.9. The van der Waals surface area contributed by atoms with Crippen molar-refractivity contribution >= 4 is 27.4 Å². The number of hydrogen-bond acceptors (Lipinski definition) is 12. The van der Waals surface area contributed by atoms with Gasteiger partial charge in [0.2, 0.25) is 0 Å². The average molecular weight is 494 g/mol. The lowest BCUT2D eigenvalue weighted by atomic mass is 10.1. The molecule has 0 amide bonds. The molecule has 2 aromatic heterocycles. The first-order valence-electron chi connectivity index (χ1n) is 10.2. The van der Waals surface area contributed by atoms with Crippen LogP contribution in [0.4, 0.5) is 5.82 Å². The molecule has 1 saturated heterocycles. The maximum Gasteiger partial charge on any atom is 0.394 e. The van der Waals surface area contributed by atoms with Crippen LogP contribution in [0.2, 0.25) is 0 Å². The zero-order chi connectivity index (χ0) is 24.8. The van der Waals surface area contributed by atoms with E-state index in [0.29, 0.717) is 36.6 Å². The molecule has 1 aliphatic rings. The quantitative estimate of drug-likeness (QED) is 0.133. The van der Waals surface area contributed by atoms with E-state index in [-0.39, 0.29) is 5.82 Å². The van der Waals surface area contributed by atoms with Gasteiger partial charge in [0.15, 0.2) is 23.2 Å². The zero-order valence-corrected chi connectivity index (χ0v) is 19.2. The highest BCUT2D eigenvalue weighted by molar-refractivity contribution is 7.79. The SMILES string of the molecule is CCc1nc2c(N)ncnc2n1[C@@H]1O[C@H](CN(C)CCCCON)C(O)C1O.O=S(=O)(O)O. The normalized spacial score (nSPS) is 23.2. The van der Waals surface area contributed by atoms with Gasteiger partial charge in [0, 0.05) is 13.0 Å². The summed E-state index contributed by atoms with van der Waals surface area (Å²) >= 11 is 0. The molecular formula is C17H31N7O8S. The number of ether oxygens (including phenoxy) is 1. The average Bonchev–Trinajstić information content (AvgIpc) is 3.23. The van der Waals surface area contributed by atoms with E-state index in [1.54, 1.807) is 4.57 Å². The smallest absolute Gasteiger partial charge is 0.387 e. The van der Waals surface area contributed by atoms with E-state index in [1.807, 2.05) is 18.9 Å². The fourth-order valence-electron chi connectivity index (χ4n) is 3.55. The highest BCUT2D eigenvalue weighted by Crippen LogP contribution is 2.34. The van der Waals surface area contributed by atoms with E-state index in [9.17, 15) is 10.2 Å². The van der Waals surface area contributed by atoms with Crippen molar-refractivity contribution in [2.75, 3.05) is 32.5 Å². The fraction of sp³-hybridized carbons (Fsp3) is 0.706. The van der Waals surface area contributed by atoms with E-state index >= 15 is 0 Å². The van der Waals surface area contributed by atoms with Crippen molar-refractivity contribution in [1.29, 1.82) is 0 Å². The van der Waals surface area contributed by atoms with Gasteiger partial charge < -0.3 is 30.4 Å². The number of imidazole rings is 1. The molecule has 0 bridgehead atoms. The molecule has 3 rings (SSSR count). The number of aryl methyl sites for hydroxylation is 1. The van der Waals surface area contributed by atoms with Crippen molar-refractivity contribution in [3.63, 3.8) is 0 Å². The van der Waals surface area contributed by atoms with Crippen LogP contribution in [0.25, 0.3) is 11.2 Å². The predicted octanol–water partition coefficient (Wildman–Crippen LogP) is -1.46. The summed E-state index contributed by atoms with van der Waals surface area (Å²) < 4.78 is 39.3. The maximum atomic E-state index is 10.7. The molecule has 0 spiro atoms. The third-order valence-electron chi connectivity index (χ3n) is 5.03. The molecule has 0 radical (unpaired) electrons. The first kappa shape index (κ1) is 27.2. The lowest BCUT2D eigenvalue weighted by molar-refractivity contribution is -0.0435. The molecule has 1 aliphatic heterocycles. The van der Waals surface area contributed by atoms with Crippen LogP contribution < -0.4 is 11.6 Å². The number of hydrogen-bond donors (Lipinski definition) is 6. The third kappa shape index (κ3) is 7.49. The Morgan fingerprint density at radius 2 is 1.91 bits per heavy atom. The van der Waals surface area contributed by atoms with Crippen molar-refractivity contribution in [2.24, 2.45) is 5.90 Å². The maximum absolute atomic E-state index is 10.7. The van der Waals surface area contributed by atoms with Crippen molar-refractivity contribution in [2.45, 2.75) is 50.7 Å². The predicted molar refractivity (Wildman–Crippen MR) is 116 cm³/mol. The first-order valence-corrected chi connectivity index (χ1v) is 11.6. The summed E-state index contributed by atoms with van der Waals surface area (Å²) in [6.07, 6.45) is 0.220. The van der Waals surface area contributed by atoms with E-state index in [0.717, 1.165) is 19.4 Å². The second-order valence-corrected chi connectivity index (χ2v) is 8.41.